The van der Waals surface area contributed by atoms with Crippen LogP contribution < -0.4 is 10.6 Å². The lowest BCUT2D eigenvalue weighted by Gasteiger charge is -2.10. The zero-order valence-electron chi connectivity index (χ0n) is 14.0. The topological polar surface area (TPSA) is 71.8 Å². The van der Waals surface area contributed by atoms with E-state index in [9.17, 15) is 13.6 Å². The van der Waals surface area contributed by atoms with Crippen molar-refractivity contribution in [1.29, 1.82) is 0 Å². The Kier molecular flexibility index (Phi) is 5.21. The fraction of sp³-hybridized carbons (Fsp3) is 0.167. The maximum absolute atomic E-state index is 13.5. The van der Waals surface area contributed by atoms with Crippen molar-refractivity contribution in [2.24, 2.45) is 7.05 Å². The first-order valence-electron chi connectivity index (χ1n) is 7.91. The highest BCUT2D eigenvalue weighted by Gasteiger charge is 2.10. The molecule has 0 aliphatic carbocycles. The van der Waals surface area contributed by atoms with Crippen LogP contribution in [0.2, 0.25) is 0 Å². The summed E-state index contributed by atoms with van der Waals surface area (Å²) in [4.78, 5) is 16.0. The highest BCUT2D eigenvalue weighted by Crippen LogP contribution is 2.18. The quantitative estimate of drug-likeness (QED) is 0.738. The Labute approximate surface area is 148 Å². The van der Waals surface area contributed by atoms with Crippen LogP contribution in [0.25, 0.3) is 11.3 Å². The van der Waals surface area contributed by atoms with Crippen molar-refractivity contribution in [1.82, 2.24) is 25.4 Å². The number of carbonyl (C=O) groups excluding carboxylic acids is 1. The molecular formula is C18H17F2N5O. The molecule has 2 amide bonds. The molecule has 2 heterocycles. The molecule has 2 aromatic heterocycles. The van der Waals surface area contributed by atoms with Gasteiger partial charge in [-0.1, -0.05) is 6.07 Å². The molecule has 0 atom stereocenters. The number of rotatable bonds is 5. The summed E-state index contributed by atoms with van der Waals surface area (Å²) >= 11 is 0. The van der Waals surface area contributed by atoms with Gasteiger partial charge in [-0.2, -0.15) is 5.10 Å². The number of aryl methyl sites for hydroxylation is 1. The Morgan fingerprint density at radius 2 is 1.85 bits per heavy atom. The van der Waals surface area contributed by atoms with E-state index in [0.29, 0.717) is 0 Å². The number of aromatic nitrogens is 3. The molecule has 0 fully saturated rings. The van der Waals surface area contributed by atoms with Gasteiger partial charge in [0.1, 0.15) is 11.6 Å². The molecule has 0 saturated heterocycles. The van der Waals surface area contributed by atoms with Crippen molar-refractivity contribution >= 4 is 6.03 Å². The number of benzene rings is 1. The molecule has 2 N–H and O–H groups in total. The van der Waals surface area contributed by atoms with Gasteiger partial charge in [0, 0.05) is 43.3 Å². The summed E-state index contributed by atoms with van der Waals surface area (Å²) in [5, 5.41) is 9.19. The predicted octanol–water partition coefficient (Wildman–Crippen LogP) is 2.76. The smallest absolute Gasteiger partial charge is 0.315 e. The third-order valence-electron chi connectivity index (χ3n) is 3.85. The van der Waals surface area contributed by atoms with Gasteiger partial charge >= 0.3 is 6.03 Å². The lowest BCUT2D eigenvalue weighted by Crippen LogP contribution is -2.35. The zero-order chi connectivity index (χ0) is 18.5. The fourth-order valence-corrected chi connectivity index (χ4v) is 2.50. The first-order valence-corrected chi connectivity index (χ1v) is 7.91. The number of amides is 2. The second-order valence-corrected chi connectivity index (χ2v) is 5.66. The van der Waals surface area contributed by atoms with Crippen molar-refractivity contribution in [2.75, 3.05) is 0 Å². The molecule has 0 bridgehead atoms. The molecule has 8 heteroatoms. The van der Waals surface area contributed by atoms with Crippen molar-refractivity contribution in [3.63, 3.8) is 0 Å². The van der Waals surface area contributed by atoms with Gasteiger partial charge in [-0.3, -0.25) is 9.67 Å². The van der Waals surface area contributed by atoms with Gasteiger partial charge < -0.3 is 10.6 Å². The highest BCUT2D eigenvalue weighted by molar-refractivity contribution is 5.73. The zero-order valence-corrected chi connectivity index (χ0v) is 14.0. The summed E-state index contributed by atoms with van der Waals surface area (Å²) < 4.78 is 28.8. The van der Waals surface area contributed by atoms with E-state index in [0.717, 1.165) is 29.0 Å². The van der Waals surface area contributed by atoms with Crippen LogP contribution in [0.4, 0.5) is 13.6 Å². The van der Waals surface area contributed by atoms with Crippen LogP contribution in [0, 0.1) is 11.6 Å². The standard InChI is InChI=1S/C18H17F2N5O/c1-25-17(5-6-24-25)13-7-12(8-21-10-13)9-22-18(26)23-11-14-15(19)3-2-4-16(14)20/h2-8,10H,9,11H2,1H3,(H2,22,23,26). The SMILES string of the molecule is Cn1nccc1-c1cncc(CNC(=O)NCc2c(F)cccc2F)c1. The number of urea groups is 1. The number of pyridine rings is 1. The summed E-state index contributed by atoms with van der Waals surface area (Å²) in [5.74, 6) is -1.39. The van der Waals surface area contributed by atoms with E-state index in [2.05, 4.69) is 20.7 Å². The monoisotopic (exact) mass is 357 g/mol. The number of nitrogens with zero attached hydrogens (tertiary/aromatic N) is 3. The van der Waals surface area contributed by atoms with Gasteiger partial charge in [0.2, 0.25) is 0 Å². The van der Waals surface area contributed by atoms with E-state index in [1.54, 1.807) is 23.3 Å². The van der Waals surface area contributed by atoms with E-state index in [1.165, 1.54) is 6.07 Å². The average Bonchev–Trinajstić information content (AvgIpc) is 3.06. The third kappa shape index (κ3) is 4.02. The Morgan fingerprint density at radius 3 is 2.54 bits per heavy atom. The minimum absolute atomic E-state index is 0.178. The van der Waals surface area contributed by atoms with Gasteiger partial charge in [-0.05, 0) is 29.8 Å². The molecule has 0 radical (unpaired) electrons. The normalized spacial score (nSPS) is 10.6. The number of nitrogens with one attached hydrogen (secondary N) is 2. The lowest BCUT2D eigenvalue weighted by atomic mass is 10.1. The molecule has 0 spiro atoms. The molecule has 1 aromatic carbocycles. The molecule has 6 nitrogen and oxygen atoms in total. The van der Waals surface area contributed by atoms with Crippen molar-refractivity contribution in [2.45, 2.75) is 13.1 Å². The average molecular weight is 357 g/mol. The third-order valence-corrected chi connectivity index (χ3v) is 3.85. The van der Waals surface area contributed by atoms with Crippen LogP contribution in [0.1, 0.15) is 11.1 Å². The summed E-state index contributed by atoms with van der Waals surface area (Å²) in [7, 11) is 1.83. The van der Waals surface area contributed by atoms with Gasteiger partial charge in [-0.15, -0.1) is 0 Å². The second-order valence-electron chi connectivity index (χ2n) is 5.66. The van der Waals surface area contributed by atoms with Gasteiger partial charge in [0.05, 0.1) is 12.2 Å². The molecule has 0 saturated carbocycles. The van der Waals surface area contributed by atoms with Crippen molar-refractivity contribution < 1.29 is 13.6 Å². The fourth-order valence-electron chi connectivity index (χ4n) is 2.50. The summed E-state index contributed by atoms with van der Waals surface area (Å²) in [6, 6.07) is 6.79. The minimum atomic E-state index is -0.696. The molecular weight excluding hydrogens is 340 g/mol. The van der Waals surface area contributed by atoms with Crippen LogP contribution in [0.5, 0.6) is 0 Å². The maximum Gasteiger partial charge on any atom is 0.315 e. The first-order chi connectivity index (χ1) is 12.5. The minimum Gasteiger partial charge on any atom is -0.334 e. The predicted molar refractivity (Wildman–Crippen MR) is 91.9 cm³/mol. The lowest BCUT2D eigenvalue weighted by molar-refractivity contribution is 0.240. The van der Waals surface area contributed by atoms with E-state index in [4.69, 9.17) is 0 Å². The highest BCUT2D eigenvalue weighted by atomic mass is 19.1. The molecule has 134 valence electrons. The van der Waals surface area contributed by atoms with Crippen LogP contribution in [0.3, 0.4) is 0 Å². The molecule has 3 rings (SSSR count). The Bertz CT molecular complexity index is 905. The molecule has 0 aliphatic rings. The van der Waals surface area contributed by atoms with Crippen LogP contribution >= 0.6 is 0 Å². The summed E-state index contributed by atoms with van der Waals surface area (Å²) in [5.41, 5.74) is 2.38. The summed E-state index contributed by atoms with van der Waals surface area (Å²) in [6.07, 6.45) is 5.04. The molecule has 0 aliphatic heterocycles. The first kappa shape index (κ1) is 17.5. The Morgan fingerprint density at radius 1 is 1.12 bits per heavy atom. The van der Waals surface area contributed by atoms with E-state index < -0.39 is 17.7 Å². The molecule has 3 aromatic rings. The summed E-state index contributed by atoms with van der Waals surface area (Å²) in [6.45, 7) is -0.0120. The second kappa shape index (κ2) is 7.73. The number of hydrogen-bond donors (Lipinski definition) is 2. The van der Waals surface area contributed by atoms with Gasteiger partial charge in [-0.25, -0.2) is 13.6 Å². The van der Waals surface area contributed by atoms with Crippen molar-refractivity contribution in [3.8, 4) is 11.3 Å². The van der Waals surface area contributed by atoms with Crippen LogP contribution in [0.15, 0.2) is 48.9 Å². The van der Waals surface area contributed by atoms with Gasteiger partial charge in [0.15, 0.2) is 0 Å². The molecule has 0 unspecified atom stereocenters. The van der Waals surface area contributed by atoms with E-state index >= 15 is 0 Å². The largest absolute Gasteiger partial charge is 0.334 e. The van der Waals surface area contributed by atoms with Crippen LogP contribution in [-0.4, -0.2) is 20.8 Å². The Hall–Kier alpha value is -3.29. The van der Waals surface area contributed by atoms with Crippen molar-refractivity contribution in [3.05, 3.63) is 71.7 Å². The van der Waals surface area contributed by atoms with Crippen LogP contribution in [-0.2, 0) is 20.1 Å². The van der Waals surface area contributed by atoms with E-state index in [-0.39, 0.29) is 18.7 Å². The maximum atomic E-state index is 13.5. The number of halogens is 2. The Balaban J connectivity index is 1.57. The van der Waals surface area contributed by atoms with E-state index in [1.807, 2.05) is 19.2 Å². The number of carbonyl (C=O) groups is 1. The van der Waals surface area contributed by atoms with Gasteiger partial charge in [0.25, 0.3) is 0 Å². The number of hydrogen-bond acceptors (Lipinski definition) is 3. The molecule has 26 heavy (non-hydrogen) atoms.